The first-order valence-electron chi connectivity index (χ1n) is 5.67. The second-order valence-electron chi connectivity index (χ2n) is 3.98. The van der Waals surface area contributed by atoms with Crippen LogP contribution in [0.2, 0.25) is 5.02 Å². The van der Waals surface area contributed by atoms with Crippen molar-refractivity contribution in [2.75, 3.05) is 5.73 Å². The Kier molecular flexibility index (Phi) is 4.02. The van der Waals surface area contributed by atoms with Gasteiger partial charge in [-0.25, -0.2) is 4.98 Å². The summed E-state index contributed by atoms with van der Waals surface area (Å²) >= 11 is 7.56. The standard InChI is InChI=1S/C13H15ClN2S/c1-2-4-11-12(17-13(15)16-11)8-9-5-3-6-10(14)7-9/h3,5-7H,2,4,8H2,1H3,(H2,15,16). The molecule has 1 aromatic carbocycles. The van der Waals surface area contributed by atoms with E-state index >= 15 is 0 Å². The highest BCUT2D eigenvalue weighted by atomic mass is 35.5. The van der Waals surface area contributed by atoms with Gasteiger partial charge in [0.15, 0.2) is 5.13 Å². The summed E-state index contributed by atoms with van der Waals surface area (Å²) in [6.45, 7) is 2.15. The molecule has 0 bridgehead atoms. The summed E-state index contributed by atoms with van der Waals surface area (Å²) in [7, 11) is 0. The fraction of sp³-hybridized carbons (Fsp3) is 0.308. The van der Waals surface area contributed by atoms with Crippen LogP contribution < -0.4 is 5.73 Å². The molecule has 0 saturated heterocycles. The van der Waals surface area contributed by atoms with Gasteiger partial charge in [-0.1, -0.05) is 37.1 Å². The second kappa shape index (κ2) is 5.52. The Labute approximate surface area is 110 Å². The van der Waals surface area contributed by atoms with Crippen LogP contribution in [-0.2, 0) is 12.8 Å². The van der Waals surface area contributed by atoms with E-state index in [0.717, 1.165) is 30.0 Å². The molecule has 0 saturated carbocycles. The number of anilines is 1. The molecular formula is C13H15ClN2S. The van der Waals surface area contributed by atoms with E-state index in [-0.39, 0.29) is 0 Å². The number of aromatic nitrogens is 1. The molecule has 0 aliphatic carbocycles. The minimum atomic E-state index is 0.658. The lowest BCUT2D eigenvalue weighted by molar-refractivity contribution is 0.879. The molecule has 0 radical (unpaired) electrons. The Morgan fingerprint density at radius 1 is 1.41 bits per heavy atom. The molecule has 1 heterocycles. The van der Waals surface area contributed by atoms with Crippen molar-refractivity contribution in [3.63, 3.8) is 0 Å². The summed E-state index contributed by atoms with van der Waals surface area (Å²) in [4.78, 5) is 5.64. The quantitative estimate of drug-likeness (QED) is 0.911. The van der Waals surface area contributed by atoms with Gasteiger partial charge in [0.1, 0.15) is 0 Å². The zero-order valence-electron chi connectivity index (χ0n) is 9.74. The molecule has 2 N–H and O–H groups in total. The molecule has 2 nitrogen and oxygen atoms in total. The number of benzene rings is 1. The summed E-state index contributed by atoms with van der Waals surface area (Å²) in [5.41, 5.74) is 8.12. The van der Waals surface area contributed by atoms with Crippen LogP contribution in [0.4, 0.5) is 5.13 Å². The molecule has 0 spiro atoms. The fourth-order valence-electron chi connectivity index (χ4n) is 1.81. The van der Waals surface area contributed by atoms with Crippen molar-refractivity contribution in [3.8, 4) is 0 Å². The Hall–Kier alpha value is -1.06. The van der Waals surface area contributed by atoms with Crippen LogP contribution in [0.15, 0.2) is 24.3 Å². The summed E-state index contributed by atoms with van der Waals surface area (Å²) in [6.07, 6.45) is 2.94. The molecule has 0 unspecified atom stereocenters. The van der Waals surface area contributed by atoms with Crippen molar-refractivity contribution in [1.82, 2.24) is 4.98 Å². The average Bonchev–Trinajstić information content (AvgIpc) is 2.59. The van der Waals surface area contributed by atoms with Gasteiger partial charge in [0.05, 0.1) is 5.69 Å². The van der Waals surface area contributed by atoms with Gasteiger partial charge in [-0.3, -0.25) is 0 Å². The Bertz CT molecular complexity index is 508. The highest BCUT2D eigenvalue weighted by molar-refractivity contribution is 7.15. The first-order valence-corrected chi connectivity index (χ1v) is 6.87. The van der Waals surface area contributed by atoms with E-state index in [1.807, 2.05) is 18.2 Å². The number of rotatable bonds is 4. The molecule has 4 heteroatoms. The lowest BCUT2D eigenvalue weighted by atomic mass is 10.1. The van der Waals surface area contributed by atoms with Crippen LogP contribution in [0.1, 0.15) is 29.5 Å². The molecular weight excluding hydrogens is 252 g/mol. The number of hydrogen-bond donors (Lipinski definition) is 1. The number of nitrogens with two attached hydrogens (primary N) is 1. The second-order valence-corrected chi connectivity index (χ2v) is 5.53. The van der Waals surface area contributed by atoms with Crippen LogP contribution in [-0.4, -0.2) is 4.98 Å². The average molecular weight is 267 g/mol. The van der Waals surface area contributed by atoms with Crippen molar-refractivity contribution in [2.45, 2.75) is 26.2 Å². The largest absolute Gasteiger partial charge is 0.375 e. The summed E-state index contributed by atoms with van der Waals surface area (Å²) in [5.74, 6) is 0. The Balaban J connectivity index is 2.23. The Morgan fingerprint density at radius 2 is 2.24 bits per heavy atom. The molecule has 17 heavy (non-hydrogen) atoms. The lowest BCUT2D eigenvalue weighted by Crippen LogP contribution is -1.92. The number of nitrogens with zero attached hydrogens (tertiary/aromatic N) is 1. The molecule has 0 fully saturated rings. The first-order chi connectivity index (χ1) is 8.19. The number of halogens is 1. The zero-order valence-corrected chi connectivity index (χ0v) is 11.3. The van der Waals surface area contributed by atoms with Crippen LogP contribution >= 0.6 is 22.9 Å². The van der Waals surface area contributed by atoms with Crippen LogP contribution in [0, 0.1) is 0 Å². The smallest absolute Gasteiger partial charge is 0.180 e. The van der Waals surface area contributed by atoms with Crippen molar-refractivity contribution in [3.05, 3.63) is 45.4 Å². The molecule has 0 aliphatic rings. The first kappa shape index (κ1) is 12.4. The molecule has 1 aromatic heterocycles. The maximum Gasteiger partial charge on any atom is 0.180 e. The van der Waals surface area contributed by atoms with Gasteiger partial charge in [-0.15, -0.1) is 11.3 Å². The van der Waals surface area contributed by atoms with Gasteiger partial charge in [0, 0.05) is 16.3 Å². The van der Waals surface area contributed by atoms with Gasteiger partial charge in [-0.2, -0.15) is 0 Å². The van der Waals surface area contributed by atoms with E-state index in [1.165, 1.54) is 10.4 Å². The number of nitrogen functional groups attached to an aromatic ring is 1. The van der Waals surface area contributed by atoms with Gasteiger partial charge in [0.2, 0.25) is 0 Å². The highest BCUT2D eigenvalue weighted by Gasteiger charge is 2.09. The molecule has 90 valence electrons. The topological polar surface area (TPSA) is 38.9 Å². The zero-order chi connectivity index (χ0) is 12.3. The highest BCUT2D eigenvalue weighted by Crippen LogP contribution is 2.25. The molecule has 0 atom stereocenters. The predicted octanol–water partition coefficient (Wildman–Crippen LogP) is 3.92. The van der Waals surface area contributed by atoms with Crippen molar-refractivity contribution < 1.29 is 0 Å². The minimum Gasteiger partial charge on any atom is -0.375 e. The van der Waals surface area contributed by atoms with Crippen LogP contribution in [0.3, 0.4) is 0 Å². The monoisotopic (exact) mass is 266 g/mol. The maximum atomic E-state index is 5.98. The lowest BCUT2D eigenvalue weighted by Gasteiger charge is -2.02. The minimum absolute atomic E-state index is 0.658. The van der Waals surface area contributed by atoms with E-state index in [2.05, 4.69) is 18.0 Å². The molecule has 2 rings (SSSR count). The number of aryl methyl sites for hydroxylation is 1. The number of hydrogen-bond acceptors (Lipinski definition) is 3. The third-order valence-electron chi connectivity index (χ3n) is 2.54. The molecule has 0 amide bonds. The fourth-order valence-corrected chi connectivity index (χ4v) is 2.93. The summed E-state index contributed by atoms with van der Waals surface area (Å²) in [5, 5.41) is 1.43. The normalized spacial score (nSPS) is 10.7. The maximum absolute atomic E-state index is 5.98. The van der Waals surface area contributed by atoms with Crippen molar-refractivity contribution in [2.24, 2.45) is 0 Å². The Morgan fingerprint density at radius 3 is 2.94 bits per heavy atom. The van der Waals surface area contributed by atoms with Gasteiger partial charge in [-0.05, 0) is 24.1 Å². The SMILES string of the molecule is CCCc1nc(N)sc1Cc1cccc(Cl)c1. The molecule has 0 aliphatic heterocycles. The van der Waals surface area contributed by atoms with Crippen LogP contribution in [0.5, 0.6) is 0 Å². The van der Waals surface area contributed by atoms with Crippen molar-refractivity contribution >= 4 is 28.1 Å². The summed E-state index contributed by atoms with van der Waals surface area (Å²) < 4.78 is 0. The van der Waals surface area contributed by atoms with Gasteiger partial charge < -0.3 is 5.73 Å². The summed E-state index contributed by atoms with van der Waals surface area (Å²) in [6, 6.07) is 7.94. The third-order valence-corrected chi connectivity index (χ3v) is 3.70. The van der Waals surface area contributed by atoms with E-state index in [9.17, 15) is 0 Å². The van der Waals surface area contributed by atoms with Gasteiger partial charge >= 0.3 is 0 Å². The number of thiazole rings is 1. The third kappa shape index (κ3) is 3.20. The molecule has 2 aromatic rings. The van der Waals surface area contributed by atoms with E-state index in [1.54, 1.807) is 11.3 Å². The van der Waals surface area contributed by atoms with Crippen molar-refractivity contribution in [1.29, 1.82) is 0 Å². The van der Waals surface area contributed by atoms with Gasteiger partial charge in [0.25, 0.3) is 0 Å². The van der Waals surface area contributed by atoms with E-state index < -0.39 is 0 Å². The van der Waals surface area contributed by atoms with E-state index in [4.69, 9.17) is 17.3 Å². The predicted molar refractivity (Wildman–Crippen MR) is 74.8 cm³/mol. The van der Waals surface area contributed by atoms with Crippen LogP contribution in [0.25, 0.3) is 0 Å². The van der Waals surface area contributed by atoms with E-state index in [0.29, 0.717) is 5.13 Å².